The van der Waals surface area contributed by atoms with Crippen molar-refractivity contribution >= 4 is 5.71 Å². The van der Waals surface area contributed by atoms with Crippen LogP contribution in [0.25, 0.3) is 0 Å². The summed E-state index contributed by atoms with van der Waals surface area (Å²) in [7, 11) is 0. The van der Waals surface area contributed by atoms with E-state index in [1.807, 2.05) is 0 Å². The summed E-state index contributed by atoms with van der Waals surface area (Å²) in [5.41, 5.74) is 1.29. The highest BCUT2D eigenvalue weighted by Crippen LogP contribution is 2.26. The molecule has 2 aliphatic heterocycles. The molecule has 106 valence electrons. The van der Waals surface area contributed by atoms with Gasteiger partial charge in [0.15, 0.2) is 0 Å². The maximum Gasteiger partial charge on any atom is 0.328 e. The van der Waals surface area contributed by atoms with Crippen molar-refractivity contribution in [2.75, 3.05) is 13.1 Å². The van der Waals surface area contributed by atoms with E-state index in [0.29, 0.717) is 18.4 Å². The molecule has 6 heteroatoms. The Labute approximate surface area is 116 Å². The van der Waals surface area contributed by atoms with Crippen molar-refractivity contribution in [3.63, 3.8) is 0 Å². The van der Waals surface area contributed by atoms with Gasteiger partial charge in [-0.3, -0.25) is 19.3 Å². The van der Waals surface area contributed by atoms with Crippen molar-refractivity contribution in [3.8, 4) is 0 Å². The van der Waals surface area contributed by atoms with Crippen molar-refractivity contribution in [2.24, 2.45) is 16.8 Å². The number of allylic oxidation sites excluding steroid dienone is 2. The average Bonchev–Trinajstić information content (AvgIpc) is 2.53. The number of aromatic amines is 1. The van der Waals surface area contributed by atoms with Gasteiger partial charge in [-0.1, -0.05) is 13.0 Å². The van der Waals surface area contributed by atoms with Gasteiger partial charge in [0.25, 0.3) is 5.56 Å². The molecular weight excluding hydrogens is 256 g/mol. The van der Waals surface area contributed by atoms with Crippen molar-refractivity contribution < 1.29 is 0 Å². The first-order valence-electron chi connectivity index (χ1n) is 6.89. The molecule has 3 heterocycles. The first kappa shape index (κ1) is 13.1. The Morgan fingerprint density at radius 3 is 3.10 bits per heavy atom. The fourth-order valence-corrected chi connectivity index (χ4v) is 2.77. The number of fused-ring (bicyclic) bond motifs is 2. The smallest absolute Gasteiger partial charge is 0.311 e. The highest BCUT2D eigenvalue weighted by Gasteiger charge is 2.25. The summed E-state index contributed by atoms with van der Waals surface area (Å²) in [6, 6.07) is 1.36. The second-order valence-electron chi connectivity index (χ2n) is 5.55. The number of aliphatic imine (C=N–C) groups is 1. The van der Waals surface area contributed by atoms with Crippen LogP contribution < -0.4 is 16.6 Å². The van der Waals surface area contributed by atoms with Crippen LogP contribution in [0, 0.1) is 11.8 Å². The molecule has 0 aromatic carbocycles. The van der Waals surface area contributed by atoms with Gasteiger partial charge in [-0.25, -0.2) is 4.79 Å². The molecule has 0 saturated carbocycles. The minimum Gasteiger partial charge on any atom is -0.311 e. The summed E-state index contributed by atoms with van der Waals surface area (Å²) in [5.74, 6) is 1.04. The predicted octanol–water partition coefficient (Wildman–Crippen LogP) is 0.121. The number of hydrogen-bond donors (Lipinski definition) is 2. The van der Waals surface area contributed by atoms with Crippen LogP contribution in [0.4, 0.5) is 0 Å². The van der Waals surface area contributed by atoms with Gasteiger partial charge in [0.2, 0.25) is 0 Å². The van der Waals surface area contributed by atoms with E-state index in [2.05, 4.69) is 28.3 Å². The number of nitrogens with zero attached hydrogens (tertiary/aromatic N) is 2. The zero-order valence-electron chi connectivity index (χ0n) is 11.4. The molecule has 1 aromatic rings. The quantitative estimate of drug-likeness (QED) is 0.804. The van der Waals surface area contributed by atoms with Crippen LogP contribution in [0.5, 0.6) is 0 Å². The minimum absolute atomic E-state index is 0.373. The second kappa shape index (κ2) is 5.20. The lowest BCUT2D eigenvalue weighted by molar-refractivity contribution is 0.431. The molecule has 2 aliphatic rings. The maximum absolute atomic E-state index is 11.7. The third-order valence-electron chi connectivity index (χ3n) is 3.93. The highest BCUT2D eigenvalue weighted by atomic mass is 16.2. The monoisotopic (exact) mass is 274 g/mol. The summed E-state index contributed by atoms with van der Waals surface area (Å²) in [5, 5.41) is 3.39. The van der Waals surface area contributed by atoms with Gasteiger partial charge in [0.1, 0.15) is 0 Å². The third-order valence-corrected chi connectivity index (χ3v) is 3.93. The maximum atomic E-state index is 11.7. The van der Waals surface area contributed by atoms with Crippen LogP contribution in [0.3, 0.4) is 0 Å². The predicted molar refractivity (Wildman–Crippen MR) is 77.0 cm³/mol. The number of aromatic nitrogens is 2. The molecule has 0 radical (unpaired) electrons. The van der Waals surface area contributed by atoms with Crippen molar-refractivity contribution in [3.05, 3.63) is 44.9 Å². The molecule has 1 saturated heterocycles. The van der Waals surface area contributed by atoms with Crippen LogP contribution in [-0.2, 0) is 6.54 Å². The molecule has 3 rings (SSSR count). The van der Waals surface area contributed by atoms with Crippen LogP contribution >= 0.6 is 0 Å². The van der Waals surface area contributed by atoms with Crippen molar-refractivity contribution in [1.29, 1.82) is 0 Å². The fraction of sp³-hybridized carbons (Fsp3) is 0.500. The van der Waals surface area contributed by atoms with Gasteiger partial charge in [-0.15, -0.1) is 0 Å². The number of hydrogen-bond acceptors (Lipinski definition) is 4. The highest BCUT2D eigenvalue weighted by molar-refractivity contribution is 5.88. The van der Waals surface area contributed by atoms with E-state index < -0.39 is 5.69 Å². The normalized spacial score (nSPS) is 25.6. The number of H-pyrrole nitrogens is 1. The molecule has 0 amide bonds. The van der Waals surface area contributed by atoms with Crippen LogP contribution in [-0.4, -0.2) is 28.4 Å². The Kier molecular flexibility index (Phi) is 3.40. The summed E-state index contributed by atoms with van der Waals surface area (Å²) in [4.78, 5) is 29.7. The zero-order valence-corrected chi connectivity index (χ0v) is 11.4. The van der Waals surface area contributed by atoms with E-state index in [-0.39, 0.29) is 5.56 Å². The van der Waals surface area contributed by atoms with Crippen molar-refractivity contribution in [2.45, 2.75) is 19.9 Å². The Bertz CT molecular complexity index is 683. The van der Waals surface area contributed by atoms with Crippen LogP contribution in [0.2, 0.25) is 0 Å². The first-order chi connectivity index (χ1) is 9.61. The standard InChI is InChI=1S/C14H18N4O2/c1-9-6-15-7-11-4-10(9)5-12(16-11)8-18-3-2-13(19)17-14(18)20/h2-3,5,9-10,15H,4,6-8H2,1H3,(H,17,19,20). The second-order valence-corrected chi connectivity index (χ2v) is 5.55. The van der Waals surface area contributed by atoms with Crippen molar-refractivity contribution in [1.82, 2.24) is 14.9 Å². The summed E-state index contributed by atoms with van der Waals surface area (Å²) >= 11 is 0. The molecule has 0 spiro atoms. The summed E-state index contributed by atoms with van der Waals surface area (Å²) in [6.07, 6.45) is 4.68. The first-order valence-corrected chi connectivity index (χ1v) is 6.89. The molecule has 2 N–H and O–H groups in total. The molecule has 6 nitrogen and oxygen atoms in total. The SMILES string of the molecule is CC1CNCC2=NC(Cn3ccc(=O)[nH]c3=O)=CC1C2. The van der Waals surface area contributed by atoms with Crippen LogP contribution in [0.15, 0.2) is 38.6 Å². The molecule has 2 unspecified atom stereocenters. The van der Waals surface area contributed by atoms with Gasteiger partial charge in [0, 0.05) is 24.5 Å². The fourth-order valence-electron chi connectivity index (χ4n) is 2.77. The largest absolute Gasteiger partial charge is 0.328 e. The van der Waals surface area contributed by atoms with E-state index in [4.69, 9.17) is 0 Å². The third kappa shape index (κ3) is 2.65. The lowest BCUT2D eigenvalue weighted by Crippen LogP contribution is -2.29. The van der Waals surface area contributed by atoms with E-state index in [1.54, 1.807) is 0 Å². The minimum atomic E-state index is -0.390. The molecule has 2 bridgehead atoms. The molecular formula is C14H18N4O2. The molecule has 1 fully saturated rings. The molecule has 20 heavy (non-hydrogen) atoms. The van der Waals surface area contributed by atoms with E-state index in [9.17, 15) is 9.59 Å². The van der Waals surface area contributed by atoms with E-state index in [0.717, 1.165) is 30.9 Å². The van der Waals surface area contributed by atoms with Gasteiger partial charge < -0.3 is 5.32 Å². The molecule has 2 atom stereocenters. The number of nitrogens with one attached hydrogen (secondary N) is 2. The van der Waals surface area contributed by atoms with Gasteiger partial charge in [-0.2, -0.15) is 0 Å². The molecule has 1 aromatic heterocycles. The lowest BCUT2D eigenvalue weighted by atomic mass is 9.88. The van der Waals surface area contributed by atoms with Crippen LogP contribution in [0.1, 0.15) is 13.3 Å². The number of rotatable bonds is 2. The molecule has 0 aliphatic carbocycles. The van der Waals surface area contributed by atoms with Gasteiger partial charge >= 0.3 is 5.69 Å². The van der Waals surface area contributed by atoms with E-state index >= 15 is 0 Å². The summed E-state index contributed by atoms with van der Waals surface area (Å²) < 4.78 is 1.48. The summed E-state index contributed by atoms with van der Waals surface area (Å²) in [6.45, 7) is 4.44. The Morgan fingerprint density at radius 1 is 1.45 bits per heavy atom. The average molecular weight is 274 g/mol. The Hall–Kier alpha value is -1.95. The zero-order chi connectivity index (χ0) is 14.1. The Morgan fingerprint density at radius 2 is 2.30 bits per heavy atom. The topological polar surface area (TPSA) is 79.2 Å². The van der Waals surface area contributed by atoms with Gasteiger partial charge in [-0.05, 0) is 24.8 Å². The van der Waals surface area contributed by atoms with E-state index in [1.165, 1.54) is 16.8 Å². The lowest BCUT2D eigenvalue weighted by Gasteiger charge is -2.22. The Balaban J connectivity index is 1.88. The van der Waals surface area contributed by atoms with Gasteiger partial charge in [0.05, 0.1) is 12.2 Å².